The van der Waals surface area contributed by atoms with Gasteiger partial charge in [0.1, 0.15) is 5.78 Å². The summed E-state index contributed by atoms with van der Waals surface area (Å²) in [5, 5.41) is 0. The van der Waals surface area contributed by atoms with E-state index in [0.29, 0.717) is 12.4 Å². The molecule has 92 valence electrons. The summed E-state index contributed by atoms with van der Waals surface area (Å²) in [6.07, 6.45) is 2.68. The Kier molecular flexibility index (Phi) is 3.95. The Bertz CT molecular complexity index is 373. The number of fused-ring (bicyclic) bond motifs is 1. The molecule has 1 atom stereocenters. The van der Waals surface area contributed by atoms with Crippen LogP contribution in [0, 0.1) is 11.8 Å². The molecule has 2 heteroatoms. The maximum atomic E-state index is 12.3. The van der Waals surface area contributed by atoms with Crippen LogP contribution in [0.1, 0.15) is 24.5 Å². The van der Waals surface area contributed by atoms with Gasteiger partial charge in [-0.1, -0.05) is 31.2 Å². The Hall–Kier alpha value is -1.15. The van der Waals surface area contributed by atoms with Crippen LogP contribution >= 0.6 is 0 Å². The van der Waals surface area contributed by atoms with Crippen molar-refractivity contribution in [1.29, 1.82) is 0 Å². The van der Waals surface area contributed by atoms with Crippen molar-refractivity contribution in [2.45, 2.75) is 26.2 Å². The third-order valence-electron chi connectivity index (χ3n) is 3.69. The maximum absolute atomic E-state index is 12.3. The number of carbonyl (C=O) groups is 1. The molecular formula is C15H20O2. The molecule has 0 spiro atoms. The fourth-order valence-electron chi connectivity index (χ4n) is 2.60. The average molecular weight is 232 g/mol. The lowest BCUT2D eigenvalue weighted by atomic mass is 9.90. The third kappa shape index (κ3) is 2.75. The molecule has 0 amide bonds. The number of benzene rings is 1. The molecule has 1 unspecified atom stereocenters. The standard InChI is InChI=1S/C15H20O2/c1-11(7-8-17-2)15(16)14-9-12-5-3-4-6-13(12)10-14/h3-6,11,14H,7-10H2,1-2H3. The summed E-state index contributed by atoms with van der Waals surface area (Å²) in [5.74, 6) is 0.715. The predicted octanol–water partition coefficient (Wildman–Crippen LogP) is 2.64. The maximum Gasteiger partial charge on any atom is 0.139 e. The molecule has 0 radical (unpaired) electrons. The zero-order valence-electron chi connectivity index (χ0n) is 10.6. The number of hydrogen-bond donors (Lipinski definition) is 0. The van der Waals surface area contributed by atoms with Gasteiger partial charge in [0.15, 0.2) is 0 Å². The lowest BCUT2D eigenvalue weighted by Crippen LogP contribution is -2.23. The summed E-state index contributed by atoms with van der Waals surface area (Å²) in [4.78, 5) is 12.3. The minimum atomic E-state index is 0.120. The van der Waals surface area contributed by atoms with E-state index < -0.39 is 0 Å². The molecule has 0 heterocycles. The number of ether oxygens (including phenoxy) is 1. The third-order valence-corrected chi connectivity index (χ3v) is 3.69. The van der Waals surface area contributed by atoms with Crippen molar-refractivity contribution in [2.75, 3.05) is 13.7 Å². The van der Waals surface area contributed by atoms with E-state index in [9.17, 15) is 4.79 Å². The molecule has 0 saturated carbocycles. The molecule has 1 aliphatic carbocycles. The average Bonchev–Trinajstić information content (AvgIpc) is 2.78. The number of rotatable bonds is 5. The highest BCUT2D eigenvalue weighted by Gasteiger charge is 2.29. The van der Waals surface area contributed by atoms with Crippen LogP contribution in [0.5, 0.6) is 0 Å². The van der Waals surface area contributed by atoms with Crippen molar-refractivity contribution in [3.63, 3.8) is 0 Å². The number of Topliss-reactive ketones (excluding diaryl/α,β-unsaturated/α-hetero) is 1. The zero-order chi connectivity index (χ0) is 12.3. The second-order valence-electron chi connectivity index (χ2n) is 4.96. The van der Waals surface area contributed by atoms with E-state index in [1.54, 1.807) is 7.11 Å². The van der Waals surface area contributed by atoms with E-state index in [2.05, 4.69) is 24.3 Å². The van der Waals surface area contributed by atoms with Crippen LogP contribution in [0.2, 0.25) is 0 Å². The van der Waals surface area contributed by atoms with E-state index in [0.717, 1.165) is 19.3 Å². The summed E-state index contributed by atoms with van der Waals surface area (Å²) in [5.41, 5.74) is 2.70. The highest BCUT2D eigenvalue weighted by Crippen LogP contribution is 2.29. The van der Waals surface area contributed by atoms with E-state index in [4.69, 9.17) is 4.74 Å². The number of methoxy groups -OCH3 is 1. The Morgan fingerprint density at radius 3 is 2.47 bits per heavy atom. The molecule has 0 aliphatic heterocycles. The molecule has 1 aliphatic rings. The Morgan fingerprint density at radius 1 is 1.35 bits per heavy atom. The van der Waals surface area contributed by atoms with E-state index in [-0.39, 0.29) is 11.8 Å². The van der Waals surface area contributed by atoms with E-state index in [1.807, 2.05) is 6.92 Å². The molecule has 1 aromatic rings. The summed E-state index contributed by atoms with van der Waals surface area (Å²) < 4.78 is 5.03. The van der Waals surface area contributed by atoms with E-state index >= 15 is 0 Å². The second kappa shape index (κ2) is 5.46. The summed E-state index contributed by atoms with van der Waals surface area (Å²) in [7, 11) is 1.68. The number of ketones is 1. The van der Waals surface area contributed by atoms with Gasteiger partial charge in [0.05, 0.1) is 0 Å². The van der Waals surface area contributed by atoms with Crippen molar-refractivity contribution in [3.8, 4) is 0 Å². The van der Waals surface area contributed by atoms with Gasteiger partial charge >= 0.3 is 0 Å². The topological polar surface area (TPSA) is 26.3 Å². The first-order valence-corrected chi connectivity index (χ1v) is 6.31. The highest BCUT2D eigenvalue weighted by atomic mass is 16.5. The fourth-order valence-corrected chi connectivity index (χ4v) is 2.60. The van der Waals surface area contributed by atoms with Crippen LogP contribution in [0.4, 0.5) is 0 Å². The van der Waals surface area contributed by atoms with Gasteiger partial charge in [-0.05, 0) is 30.4 Å². The van der Waals surface area contributed by atoms with Crippen molar-refractivity contribution < 1.29 is 9.53 Å². The molecule has 0 N–H and O–H groups in total. The van der Waals surface area contributed by atoms with Gasteiger partial charge in [0.2, 0.25) is 0 Å². The van der Waals surface area contributed by atoms with Crippen LogP contribution in [-0.2, 0) is 22.4 Å². The molecule has 0 fully saturated rings. The summed E-state index contributed by atoms with van der Waals surface area (Å²) in [6.45, 7) is 2.69. The van der Waals surface area contributed by atoms with Crippen LogP contribution < -0.4 is 0 Å². The van der Waals surface area contributed by atoms with E-state index in [1.165, 1.54) is 11.1 Å². The van der Waals surface area contributed by atoms with Crippen molar-refractivity contribution in [3.05, 3.63) is 35.4 Å². The lowest BCUT2D eigenvalue weighted by Gasteiger charge is -2.14. The van der Waals surface area contributed by atoms with Gasteiger partial charge in [-0.2, -0.15) is 0 Å². The van der Waals surface area contributed by atoms with Crippen molar-refractivity contribution >= 4 is 5.78 Å². The van der Waals surface area contributed by atoms with Crippen LogP contribution in [0.15, 0.2) is 24.3 Å². The first-order valence-electron chi connectivity index (χ1n) is 6.31. The second-order valence-corrected chi connectivity index (χ2v) is 4.96. The SMILES string of the molecule is COCCC(C)C(=O)C1Cc2ccccc2C1. The normalized spacial score (nSPS) is 16.8. The highest BCUT2D eigenvalue weighted by molar-refractivity contribution is 5.84. The van der Waals surface area contributed by atoms with Gasteiger partial charge in [-0.15, -0.1) is 0 Å². The summed E-state index contributed by atoms with van der Waals surface area (Å²) >= 11 is 0. The molecule has 0 bridgehead atoms. The monoisotopic (exact) mass is 232 g/mol. The Morgan fingerprint density at radius 2 is 1.94 bits per heavy atom. The molecule has 2 nitrogen and oxygen atoms in total. The molecule has 17 heavy (non-hydrogen) atoms. The number of hydrogen-bond acceptors (Lipinski definition) is 2. The largest absolute Gasteiger partial charge is 0.385 e. The quantitative estimate of drug-likeness (QED) is 0.780. The molecular weight excluding hydrogens is 212 g/mol. The van der Waals surface area contributed by atoms with Crippen LogP contribution in [0.3, 0.4) is 0 Å². The Balaban J connectivity index is 1.96. The van der Waals surface area contributed by atoms with Gasteiger partial charge in [-0.25, -0.2) is 0 Å². The molecule has 2 rings (SSSR count). The number of carbonyl (C=O) groups excluding carboxylic acids is 1. The van der Waals surface area contributed by atoms with Gasteiger partial charge in [-0.3, -0.25) is 4.79 Å². The first-order chi connectivity index (χ1) is 8.22. The van der Waals surface area contributed by atoms with Crippen molar-refractivity contribution in [1.82, 2.24) is 0 Å². The van der Waals surface area contributed by atoms with Crippen LogP contribution in [0.25, 0.3) is 0 Å². The lowest BCUT2D eigenvalue weighted by molar-refractivity contribution is -0.126. The minimum Gasteiger partial charge on any atom is -0.385 e. The van der Waals surface area contributed by atoms with Gasteiger partial charge in [0, 0.05) is 25.6 Å². The van der Waals surface area contributed by atoms with Gasteiger partial charge in [0.25, 0.3) is 0 Å². The van der Waals surface area contributed by atoms with Gasteiger partial charge < -0.3 is 4.74 Å². The minimum absolute atomic E-state index is 0.120. The zero-order valence-corrected chi connectivity index (χ0v) is 10.6. The fraction of sp³-hybridized carbons (Fsp3) is 0.533. The molecule has 0 saturated heterocycles. The predicted molar refractivity (Wildman–Crippen MR) is 68.0 cm³/mol. The van der Waals surface area contributed by atoms with Crippen LogP contribution in [-0.4, -0.2) is 19.5 Å². The Labute approximate surface area is 103 Å². The smallest absolute Gasteiger partial charge is 0.139 e. The van der Waals surface area contributed by atoms with Crippen molar-refractivity contribution in [2.24, 2.45) is 11.8 Å². The molecule has 1 aromatic carbocycles. The molecule has 0 aromatic heterocycles. The first kappa shape index (κ1) is 12.3. The summed E-state index contributed by atoms with van der Waals surface area (Å²) in [6, 6.07) is 8.39.